The fourth-order valence-electron chi connectivity index (χ4n) is 1.75. The molecule has 0 atom stereocenters. The predicted octanol–water partition coefficient (Wildman–Crippen LogP) is 1.73. The Labute approximate surface area is 81.6 Å². The zero-order valence-corrected chi connectivity index (χ0v) is 8.22. The summed E-state index contributed by atoms with van der Waals surface area (Å²) in [7, 11) is 0. The van der Waals surface area contributed by atoms with E-state index in [4.69, 9.17) is 5.73 Å². The van der Waals surface area contributed by atoms with E-state index in [1.807, 2.05) is 26.0 Å². The number of aromatic nitrogens is 1. The average molecular weight is 188 g/mol. The number of hydrogen-bond acceptors (Lipinski definition) is 2. The SMILES string of the molecule is Cc1c(N)cc(C)c2c(=O)[nH]ccc12. The second kappa shape index (κ2) is 2.87. The molecule has 0 radical (unpaired) electrons. The van der Waals surface area contributed by atoms with Crippen LogP contribution >= 0.6 is 0 Å². The quantitative estimate of drug-likeness (QED) is 0.618. The molecule has 0 unspecified atom stereocenters. The van der Waals surface area contributed by atoms with E-state index in [9.17, 15) is 4.79 Å². The van der Waals surface area contributed by atoms with Crippen molar-refractivity contribution in [3.8, 4) is 0 Å². The van der Waals surface area contributed by atoms with Gasteiger partial charge in [0.2, 0.25) is 0 Å². The molecule has 0 bridgehead atoms. The number of rotatable bonds is 0. The Morgan fingerprint density at radius 1 is 1.36 bits per heavy atom. The number of fused-ring (bicyclic) bond motifs is 1. The van der Waals surface area contributed by atoms with Crippen LogP contribution in [0.1, 0.15) is 11.1 Å². The number of H-pyrrole nitrogens is 1. The van der Waals surface area contributed by atoms with Crippen molar-refractivity contribution in [1.29, 1.82) is 0 Å². The molecule has 0 amide bonds. The van der Waals surface area contributed by atoms with E-state index >= 15 is 0 Å². The molecule has 0 fully saturated rings. The Bertz CT molecular complexity index is 555. The molecule has 2 rings (SSSR count). The van der Waals surface area contributed by atoms with Crippen molar-refractivity contribution in [2.75, 3.05) is 5.73 Å². The van der Waals surface area contributed by atoms with Crippen LogP contribution in [0.4, 0.5) is 5.69 Å². The van der Waals surface area contributed by atoms with Gasteiger partial charge in [-0.15, -0.1) is 0 Å². The van der Waals surface area contributed by atoms with Gasteiger partial charge in [0.1, 0.15) is 0 Å². The number of hydrogen-bond donors (Lipinski definition) is 2. The third-order valence-corrected chi connectivity index (χ3v) is 2.56. The summed E-state index contributed by atoms with van der Waals surface area (Å²) in [5, 5.41) is 1.67. The molecule has 3 nitrogen and oxygen atoms in total. The Kier molecular flexibility index (Phi) is 1.81. The number of anilines is 1. The molecular weight excluding hydrogens is 176 g/mol. The minimum absolute atomic E-state index is 0.0527. The summed E-state index contributed by atoms with van der Waals surface area (Å²) >= 11 is 0. The van der Waals surface area contributed by atoms with Crippen molar-refractivity contribution in [2.24, 2.45) is 0 Å². The summed E-state index contributed by atoms with van der Waals surface area (Å²) in [5.41, 5.74) is 8.40. The van der Waals surface area contributed by atoms with Crippen LogP contribution in [0.5, 0.6) is 0 Å². The fraction of sp³-hybridized carbons (Fsp3) is 0.182. The molecule has 1 heterocycles. The van der Waals surface area contributed by atoms with E-state index in [1.165, 1.54) is 0 Å². The lowest BCUT2D eigenvalue weighted by molar-refractivity contribution is 1.26. The number of nitrogens with one attached hydrogen (secondary N) is 1. The topological polar surface area (TPSA) is 58.9 Å². The summed E-state index contributed by atoms with van der Waals surface area (Å²) in [6.45, 7) is 3.82. The Morgan fingerprint density at radius 3 is 2.79 bits per heavy atom. The molecule has 14 heavy (non-hydrogen) atoms. The Balaban J connectivity index is 3.10. The summed E-state index contributed by atoms with van der Waals surface area (Å²) < 4.78 is 0. The molecule has 3 N–H and O–H groups in total. The number of aromatic amines is 1. The minimum Gasteiger partial charge on any atom is -0.398 e. The molecular formula is C11H12N2O. The minimum atomic E-state index is -0.0527. The van der Waals surface area contributed by atoms with Crippen molar-refractivity contribution in [3.05, 3.63) is 39.8 Å². The molecule has 1 aromatic carbocycles. The molecule has 0 spiro atoms. The van der Waals surface area contributed by atoms with Crippen molar-refractivity contribution in [3.63, 3.8) is 0 Å². The summed E-state index contributed by atoms with van der Waals surface area (Å²) in [4.78, 5) is 14.2. The van der Waals surface area contributed by atoms with Gasteiger partial charge in [0.05, 0.1) is 5.39 Å². The van der Waals surface area contributed by atoms with Gasteiger partial charge in [0.15, 0.2) is 0 Å². The standard InChI is InChI=1S/C11H12N2O/c1-6-5-9(12)7(2)8-3-4-13-11(14)10(6)8/h3-5H,12H2,1-2H3,(H,13,14). The highest BCUT2D eigenvalue weighted by Gasteiger charge is 2.06. The van der Waals surface area contributed by atoms with Gasteiger partial charge in [-0.3, -0.25) is 4.79 Å². The highest BCUT2D eigenvalue weighted by molar-refractivity contribution is 5.91. The maximum Gasteiger partial charge on any atom is 0.256 e. The van der Waals surface area contributed by atoms with E-state index in [0.29, 0.717) is 0 Å². The van der Waals surface area contributed by atoms with Crippen molar-refractivity contribution in [1.82, 2.24) is 4.98 Å². The molecule has 2 aromatic rings. The van der Waals surface area contributed by atoms with E-state index < -0.39 is 0 Å². The number of benzene rings is 1. The summed E-state index contributed by atoms with van der Waals surface area (Å²) in [6, 6.07) is 3.72. The van der Waals surface area contributed by atoms with Gasteiger partial charge >= 0.3 is 0 Å². The van der Waals surface area contributed by atoms with Crippen LogP contribution < -0.4 is 11.3 Å². The number of nitrogen functional groups attached to an aromatic ring is 1. The second-order valence-corrected chi connectivity index (χ2v) is 3.50. The highest BCUT2D eigenvalue weighted by Crippen LogP contribution is 2.23. The Hall–Kier alpha value is -1.77. The first kappa shape index (κ1) is 8.81. The normalized spacial score (nSPS) is 10.7. The average Bonchev–Trinajstić information content (AvgIpc) is 2.14. The number of nitrogens with two attached hydrogens (primary N) is 1. The maximum absolute atomic E-state index is 11.6. The third-order valence-electron chi connectivity index (χ3n) is 2.56. The largest absolute Gasteiger partial charge is 0.398 e. The molecule has 0 saturated carbocycles. The van der Waals surface area contributed by atoms with Crippen molar-refractivity contribution >= 4 is 16.5 Å². The fourth-order valence-corrected chi connectivity index (χ4v) is 1.75. The zero-order chi connectivity index (χ0) is 10.3. The van der Waals surface area contributed by atoms with Crippen LogP contribution in [0, 0.1) is 13.8 Å². The molecule has 72 valence electrons. The molecule has 0 aliphatic rings. The van der Waals surface area contributed by atoms with Gasteiger partial charge in [-0.25, -0.2) is 0 Å². The molecule has 0 saturated heterocycles. The first-order valence-corrected chi connectivity index (χ1v) is 4.48. The smallest absolute Gasteiger partial charge is 0.256 e. The van der Waals surface area contributed by atoms with Crippen LogP contribution in [0.25, 0.3) is 10.8 Å². The molecule has 0 aliphatic carbocycles. The van der Waals surface area contributed by atoms with Crippen LogP contribution in [0.2, 0.25) is 0 Å². The van der Waals surface area contributed by atoms with Crippen molar-refractivity contribution in [2.45, 2.75) is 13.8 Å². The first-order valence-electron chi connectivity index (χ1n) is 4.48. The molecule has 3 heteroatoms. The molecule has 0 aliphatic heterocycles. The lowest BCUT2D eigenvalue weighted by Crippen LogP contribution is -2.07. The van der Waals surface area contributed by atoms with Gasteiger partial charge in [-0.05, 0) is 42.5 Å². The zero-order valence-electron chi connectivity index (χ0n) is 8.22. The molecule has 1 aromatic heterocycles. The van der Waals surface area contributed by atoms with Gasteiger partial charge in [-0.2, -0.15) is 0 Å². The second-order valence-electron chi connectivity index (χ2n) is 3.50. The summed E-state index contributed by atoms with van der Waals surface area (Å²) in [6.07, 6.45) is 1.65. The van der Waals surface area contributed by atoms with Crippen molar-refractivity contribution < 1.29 is 0 Å². The first-order chi connectivity index (χ1) is 6.61. The van der Waals surface area contributed by atoms with Gasteiger partial charge in [-0.1, -0.05) is 0 Å². The Morgan fingerprint density at radius 2 is 2.07 bits per heavy atom. The predicted molar refractivity (Wildman–Crippen MR) is 58.5 cm³/mol. The van der Waals surface area contributed by atoms with Gasteiger partial charge < -0.3 is 10.7 Å². The van der Waals surface area contributed by atoms with Gasteiger partial charge in [0, 0.05) is 11.9 Å². The van der Waals surface area contributed by atoms with Crippen LogP contribution in [-0.2, 0) is 0 Å². The van der Waals surface area contributed by atoms with Crippen LogP contribution in [0.3, 0.4) is 0 Å². The number of pyridine rings is 1. The lowest BCUT2D eigenvalue weighted by atomic mass is 10.0. The maximum atomic E-state index is 11.6. The summed E-state index contributed by atoms with van der Waals surface area (Å²) in [5.74, 6) is 0. The van der Waals surface area contributed by atoms with E-state index in [1.54, 1.807) is 6.20 Å². The lowest BCUT2D eigenvalue weighted by Gasteiger charge is -2.07. The van der Waals surface area contributed by atoms with E-state index in [2.05, 4.69) is 4.98 Å². The highest BCUT2D eigenvalue weighted by atomic mass is 16.1. The van der Waals surface area contributed by atoms with Gasteiger partial charge in [0.25, 0.3) is 5.56 Å². The third kappa shape index (κ3) is 1.09. The monoisotopic (exact) mass is 188 g/mol. The van der Waals surface area contributed by atoms with E-state index in [-0.39, 0.29) is 5.56 Å². The van der Waals surface area contributed by atoms with Crippen LogP contribution in [0.15, 0.2) is 23.1 Å². The number of aryl methyl sites for hydroxylation is 2. The van der Waals surface area contributed by atoms with Crippen LogP contribution in [-0.4, -0.2) is 4.98 Å². The van der Waals surface area contributed by atoms with E-state index in [0.717, 1.165) is 27.6 Å².